The van der Waals surface area contributed by atoms with Crippen LogP contribution in [0.3, 0.4) is 0 Å². The number of amides is 1. The molecule has 5 rings (SSSR count). The van der Waals surface area contributed by atoms with E-state index >= 15 is 0 Å². The van der Waals surface area contributed by atoms with Crippen molar-refractivity contribution in [2.75, 3.05) is 49.1 Å². The van der Waals surface area contributed by atoms with Crippen LogP contribution in [0.25, 0.3) is 11.3 Å². The average molecular weight is 488 g/mol. The molecule has 3 aromatic rings. The molecule has 0 bridgehead atoms. The number of hydrogen-bond donors (Lipinski definition) is 0. The van der Waals surface area contributed by atoms with Crippen LogP contribution in [-0.4, -0.2) is 66.1 Å². The molecule has 3 heterocycles. The van der Waals surface area contributed by atoms with Crippen LogP contribution in [0, 0.1) is 11.7 Å². The molecule has 1 amide bonds. The maximum Gasteiger partial charge on any atom is 0.225 e. The van der Waals surface area contributed by atoms with Crippen molar-refractivity contribution in [3.63, 3.8) is 0 Å². The van der Waals surface area contributed by atoms with Crippen molar-refractivity contribution in [2.45, 2.75) is 19.8 Å². The van der Waals surface area contributed by atoms with Gasteiger partial charge in [-0.15, -0.1) is 10.2 Å². The van der Waals surface area contributed by atoms with Gasteiger partial charge in [-0.05, 0) is 80.4 Å². The van der Waals surface area contributed by atoms with Gasteiger partial charge in [0.1, 0.15) is 5.82 Å². The molecule has 0 saturated carbocycles. The highest BCUT2D eigenvalue weighted by atomic mass is 19.1. The van der Waals surface area contributed by atoms with Crippen LogP contribution >= 0.6 is 0 Å². The van der Waals surface area contributed by atoms with E-state index in [-0.39, 0.29) is 23.4 Å². The number of benzene rings is 2. The zero-order valence-electron chi connectivity index (χ0n) is 20.4. The van der Waals surface area contributed by atoms with E-state index in [2.05, 4.69) is 20.0 Å². The Hall–Kier alpha value is -3.81. The van der Waals surface area contributed by atoms with Crippen LogP contribution in [0.2, 0.25) is 0 Å². The van der Waals surface area contributed by atoms with Gasteiger partial charge < -0.3 is 14.7 Å². The molecular formula is C28H30FN5O2. The maximum absolute atomic E-state index is 13.2. The van der Waals surface area contributed by atoms with Crippen LogP contribution in [0.15, 0.2) is 60.7 Å². The van der Waals surface area contributed by atoms with E-state index in [0.29, 0.717) is 24.3 Å². The predicted octanol–water partition coefficient (Wildman–Crippen LogP) is 4.05. The summed E-state index contributed by atoms with van der Waals surface area (Å²) in [5.41, 5.74) is 3.34. The first-order valence-electron chi connectivity index (χ1n) is 12.5. The SMILES string of the molecule is CC(=O)c1ccc(N2CCN(C(=O)C3CCN(c4ccc(-c5ccc(F)cc5)nn4)CC3)CC2)cc1. The molecule has 2 saturated heterocycles. The lowest BCUT2D eigenvalue weighted by Crippen LogP contribution is -2.51. The largest absolute Gasteiger partial charge is 0.368 e. The minimum Gasteiger partial charge on any atom is -0.368 e. The summed E-state index contributed by atoms with van der Waals surface area (Å²) < 4.78 is 13.2. The predicted molar refractivity (Wildman–Crippen MR) is 138 cm³/mol. The minimum atomic E-state index is -0.275. The third-order valence-electron chi connectivity index (χ3n) is 7.19. The summed E-state index contributed by atoms with van der Waals surface area (Å²) in [6.45, 7) is 6.11. The van der Waals surface area contributed by atoms with Gasteiger partial charge in [0.25, 0.3) is 0 Å². The quantitative estimate of drug-likeness (QED) is 0.506. The van der Waals surface area contributed by atoms with Gasteiger partial charge >= 0.3 is 0 Å². The lowest BCUT2D eigenvalue weighted by molar-refractivity contribution is -0.136. The van der Waals surface area contributed by atoms with E-state index in [1.165, 1.54) is 12.1 Å². The van der Waals surface area contributed by atoms with E-state index in [1.807, 2.05) is 41.3 Å². The summed E-state index contributed by atoms with van der Waals surface area (Å²) in [7, 11) is 0. The van der Waals surface area contributed by atoms with Gasteiger partial charge in [-0.2, -0.15) is 0 Å². The smallest absolute Gasteiger partial charge is 0.225 e. The van der Waals surface area contributed by atoms with Crippen molar-refractivity contribution in [1.29, 1.82) is 0 Å². The van der Waals surface area contributed by atoms with Crippen LogP contribution in [0.1, 0.15) is 30.1 Å². The molecule has 2 aliphatic heterocycles. The third kappa shape index (κ3) is 5.22. The molecule has 2 aromatic carbocycles. The third-order valence-corrected chi connectivity index (χ3v) is 7.19. The normalized spacial score (nSPS) is 16.8. The Labute approximate surface area is 210 Å². The molecule has 186 valence electrons. The number of carbonyl (C=O) groups excluding carboxylic acids is 2. The number of piperidine rings is 1. The highest BCUT2D eigenvalue weighted by Crippen LogP contribution is 2.26. The Morgan fingerprint density at radius 1 is 0.778 bits per heavy atom. The van der Waals surface area contributed by atoms with Crippen molar-refractivity contribution in [3.05, 3.63) is 72.0 Å². The first kappa shape index (κ1) is 23.9. The van der Waals surface area contributed by atoms with E-state index in [9.17, 15) is 14.0 Å². The van der Waals surface area contributed by atoms with Crippen molar-refractivity contribution in [2.24, 2.45) is 5.92 Å². The zero-order chi connectivity index (χ0) is 25.1. The second kappa shape index (κ2) is 10.4. The van der Waals surface area contributed by atoms with Gasteiger partial charge in [0.2, 0.25) is 5.91 Å². The lowest BCUT2D eigenvalue weighted by Gasteiger charge is -2.39. The van der Waals surface area contributed by atoms with Gasteiger partial charge in [-0.1, -0.05) is 0 Å². The zero-order valence-corrected chi connectivity index (χ0v) is 20.4. The number of carbonyl (C=O) groups is 2. The van der Waals surface area contributed by atoms with Crippen LogP contribution in [0.4, 0.5) is 15.9 Å². The van der Waals surface area contributed by atoms with Crippen molar-refractivity contribution in [1.82, 2.24) is 15.1 Å². The number of hydrogen-bond acceptors (Lipinski definition) is 6. The molecule has 1 aromatic heterocycles. The monoisotopic (exact) mass is 487 g/mol. The molecule has 0 atom stereocenters. The number of piperazine rings is 1. The highest BCUT2D eigenvalue weighted by molar-refractivity contribution is 5.94. The summed E-state index contributed by atoms with van der Waals surface area (Å²) in [5.74, 6) is 0.879. The average Bonchev–Trinajstić information content (AvgIpc) is 2.93. The van der Waals surface area contributed by atoms with Crippen molar-refractivity contribution < 1.29 is 14.0 Å². The molecule has 0 N–H and O–H groups in total. The number of anilines is 2. The minimum absolute atomic E-state index is 0.0362. The number of halogens is 1. The Morgan fingerprint density at radius 2 is 1.44 bits per heavy atom. The molecule has 0 unspecified atom stereocenters. The standard InChI is InChI=1S/C28H30FN5O2/c1-20(35)21-4-8-25(9-5-21)32-16-18-34(19-17-32)28(36)23-12-14-33(15-13-23)27-11-10-26(30-31-27)22-2-6-24(29)7-3-22/h2-11,23H,12-19H2,1H3. The van der Waals surface area contributed by atoms with Crippen molar-refractivity contribution >= 4 is 23.2 Å². The van der Waals surface area contributed by atoms with Gasteiger partial charge in [-0.3, -0.25) is 9.59 Å². The summed E-state index contributed by atoms with van der Waals surface area (Å²) in [5, 5.41) is 8.69. The van der Waals surface area contributed by atoms with Crippen LogP contribution in [0.5, 0.6) is 0 Å². The first-order chi connectivity index (χ1) is 17.5. The summed E-state index contributed by atoms with van der Waals surface area (Å²) >= 11 is 0. The second-order valence-corrected chi connectivity index (χ2v) is 9.46. The highest BCUT2D eigenvalue weighted by Gasteiger charge is 2.31. The van der Waals surface area contributed by atoms with Gasteiger partial charge in [0.15, 0.2) is 11.6 Å². The molecular weight excluding hydrogens is 457 g/mol. The lowest BCUT2D eigenvalue weighted by atomic mass is 9.95. The number of nitrogens with zero attached hydrogens (tertiary/aromatic N) is 5. The Balaban J connectivity index is 1.11. The summed E-state index contributed by atoms with van der Waals surface area (Å²) in [6.07, 6.45) is 1.60. The van der Waals surface area contributed by atoms with E-state index < -0.39 is 0 Å². The summed E-state index contributed by atoms with van der Waals surface area (Å²) in [6, 6.07) is 17.8. The molecule has 7 nitrogen and oxygen atoms in total. The fourth-order valence-electron chi connectivity index (χ4n) is 4.97. The number of aromatic nitrogens is 2. The fourth-order valence-corrected chi connectivity index (χ4v) is 4.97. The second-order valence-electron chi connectivity index (χ2n) is 9.46. The number of rotatable bonds is 5. The Bertz CT molecular complexity index is 1200. The summed E-state index contributed by atoms with van der Waals surface area (Å²) in [4.78, 5) is 31.1. The molecule has 8 heteroatoms. The van der Waals surface area contributed by atoms with Crippen molar-refractivity contribution in [3.8, 4) is 11.3 Å². The number of Topliss-reactive ketones (excluding diaryl/α,β-unsaturated/α-hetero) is 1. The fraction of sp³-hybridized carbons (Fsp3) is 0.357. The molecule has 0 spiro atoms. The first-order valence-corrected chi connectivity index (χ1v) is 12.5. The van der Waals surface area contributed by atoms with E-state index in [4.69, 9.17) is 0 Å². The number of ketones is 1. The maximum atomic E-state index is 13.2. The Morgan fingerprint density at radius 3 is 2.03 bits per heavy atom. The molecule has 36 heavy (non-hydrogen) atoms. The van der Waals surface area contributed by atoms with Gasteiger partial charge in [0.05, 0.1) is 5.69 Å². The van der Waals surface area contributed by atoms with E-state index in [1.54, 1.807) is 19.1 Å². The Kier molecular flexibility index (Phi) is 6.93. The van der Waals surface area contributed by atoms with E-state index in [0.717, 1.165) is 56.1 Å². The van der Waals surface area contributed by atoms with Crippen LogP contribution < -0.4 is 9.80 Å². The molecule has 2 aliphatic rings. The topological polar surface area (TPSA) is 69.6 Å². The molecule has 0 aliphatic carbocycles. The molecule has 0 radical (unpaired) electrons. The van der Waals surface area contributed by atoms with Gasteiger partial charge in [-0.25, -0.2) is 4.39 Å². The molecule has 2 fully saturated rings. The van der Waals surface area contributed by atoms with Gasteiger partial charge in [0, 0.05) is 62.0 Å². The van der Waals surface area contributed by atoms with Crippen LogP contribution in [-0.2, 0) is 4.79 Å².